The number of aromatic nitrogens is 2. The van der Waals surface area contributed by atoms with E-state index in [9.17, 15) is 13.2 Å². The minimum Gasteiger partial charge on any atom is -0.339 e. The third kappa shape index (κ3) is 2.66. The van der Waals surface area contributed by atoms with E-state index in [1.165, 1.54) is 0 Å². The molecule has 1 heterocycles. The fourth-order valence-electron chi connectivity index (χ4n) is 1.31. The SMILES string of the molecule is N#Cc1ccc(Cc2nc(C(F)(F)F)no2)cc1. The van der Waals surface area contributed by atoms with Crippen molar-refractivity contribution >= 4 is 0 Å². The van der Waals surface area contributed by atoms with Crippen LogP contribution in [0.1, 0.15) is 22.8 Å². The van der Waals surface area contributed by atoms with Gasteiger partial charge in [0, 0.05) is 0 Å². The zero-order chi connectivity index (χ0) is 13.2. The normalized spacial score (nSPS) is 11.2. The van der Waals surface area contributed by atoms with Crippen molar-refractivity contribution in [3.05, 3.63) is 47.1 Å². The predicted molar refractivity (Wildman–Crippen MR) is 53.3 cm³/mol. The Kier molecular flexibility index (Phi) is 3.02. The average Bonchev–Trinajstić information content (AvgIpc) is 2.78. The highest BCUT2D eigenvalue weighted by molar-refractivity contribution is 5.32. The van der Waals surface area contributed by atoms with Gasteiger partial charge >= 0.3 is 6.18 Å². The Bertz CT molecular complexity index is 581. The van der Waals surface area contributed by atoms with Crippen molar-refractivity contribution in [3.8, 4) is 6.07 Å². The molecular formula is C11H6F3N3O. The van der Waals surface area contributed by atoms with Gasteiger partial charge in [0.1, 0.15) is 0 Å². The van der Waals surface area contributed by atoms with Gasteiger partial charge in [-0.05, 0) is 17.7 Å². The van der Waals surface area contributed by atoms with Crippen molar-refractivity contribution < 1.29 is 17.7 Å². The maximum atomic E-state index is 12.2. The second kappa shape index (κ2) is 4.49. The lowest BCUT2D eigenvalue weighted by Crippen LogP contribution is -2.07. The molecule has 1 aromatic carbocycles. The fourth-order valence-corrected chi connectivity index (χ4v) is 1.31. The molecule has 0 saturated heterocycles. The molecule has 18 heavy (non-hydrogen) atoms. The third-order valence-electron chi connectivity index (χ3n) is 2.16. The molecule has 0 atom stereocenters. The molecule has 0 bridgehead atoms. The van der Waals surface area contributed by atoms with E-state index in [0.717, 1.165) is 0 Å². The molecule has 0 amide bonds. The van der Waals surface area contributed by atoms with Gasteiger partial charge in [-0.1, -0.05) is 17.3 Å². The van der Waals surface area contributed by atoms with Crippen LogP contribution < -0.4 is 0 Å². The van der Waals surface area contributed by atoms with Gasteiger partial charge in [0.05, 0.1) is 18.1 Å². The molecule has 0 radical (unpaired) electrons. The molecular weight excluding hydrogens is 247 g/mol. The summed E-state index contributed by atoms with van der Waals surface area (Å²) in [6.45, 7) is 0. The van der Waals surface area contributed by atoms with Crippen LogP contribution >= 0.6 is 0 Å². The summed E-state index contributed by atoms with van der Waals surface area (Å²) in [5.41, 5.74) is 1.16. The average molecular weight is 253 g/mol. The Labute approximate surface area is 99.7 Å². The van der Waals surface area contributed by atoms with Crippen LogP contribution in [0.2, 0.25) is 0 Å². The van der Waals surface area contributed by atoms with Crippen LogP contribution in [0.4, 0.5) is 13.2 Å². The first-order chi connectivity index (χ1) is 8.49. The van der Waals surface area contributed by atoms with E-state index < -0.39 is 12.0 Å². The predicted octanol–water partition coefficient (Wildman–Crippen LogP) is 2.55. The van der Waals surface area contributed by atoms with Gasteiger partial charge in [-0.2, -0.15) is 23.4 Å². The number of alkyl halides is 3. The lowest BCUT2D eigenvalue weighted by atomic mass is 10.1. The van der Waals surface area contributed by atoms with Crippen LogP contribution in [0.25, 0.3) is 0 Å². The zero-order valence-electron chi connectivity index (χ0n) is 8.90. The molecule has 7 heteroatoms. The smallest absolute Gasteiger partial charge is 0.339 e. The summed E-state index contributed by atoms with van der Waals surface area (Å²) >= 11 is 0. The first kappa shape index (κ1) is 12.1. The van der Waals surface area contributed by atoms with Crippen LogP contribution in [-0.2, 0) is 12.6 Å². The highest BCUT2D eigenvalue weighted by Gasteiger charge is 2.37. The van der Waals surface area contributed by atoms with Crippen molar-refractivity contribution in [1.29, 1.82) is 5.26 Å². The van der Waals surface area contributed by atoms with E-state index >= 15 is 0 Å². The standard InChI is InChI=1S/C11H6F3N3O/c12-11(13,14)10-16-9(18-17-10)5-7-1-3-8(6-15)4-2-7/h1-4H,5H2. The number of benzene rings is 1. The highest BCUT2D eigenvalue weighted by atomic mass is 19.4. The Morgan fingerprint density at radius 1 is 1.22 bits per heavy atom. The van der Waals surface area contributed by atoms with E-state index in [4.69, 9.17) is 5.26 Å². The van der Waals surface area contributed by atoms with Crippen LogP contribution in [0.15, 0.2) is 28.8 Å². The largest absolute Gasteiger partial charge is 0.455 e. The summed E-state index contributed by atoms with van der Waals surface area (Å²) in [4.78, 5) is 3.25. The molecule has 2 rings (SSSR count). The minimum absolute atomic E-state index is 0.0921. The second-order valence-electron chi connectivity index (χ2n) is 3.49. The highest BCUT2D eigenvalue weighted by Crippen LogP contribution is 2.26. The van der Waals surface area contributed by atoms with Crippen molar-refractivity contribution in [2.45, 2.75) is 12.6 Å². The van der Waals surface area contributed by atoms with Crippen LogP contribution in [0, 0.1) is 11.3 Å². The van der Waals surface area contributed by atoms with E-state index in [-0.39, 0.29) is 12.3 Å². The van der Waals surface area contributed by atoms with Crippen LogP contribution in [0.3, 0.4) is 0 Å². The molecule has 0 N–H and O–H groups in total. The summed E-state index contributed by atoms with van der Waals surface area (Å²) in [5.74, 6) is -1.40. The van der Waals surface area contributed by atoms with Crippen LogP contribution in [0.5, 0.6) is 0 Å². The van der Waals surface area contributed by atoms with E-state index in [0.29, 0.717) is 11.1 Å². The number of hydrogen-bond acceptors (Lipinski definition) is 4. The number of hydrogen-bond donors (Lipinski definition) is 0. The first-order valence-electron chi connectivity index (χ1n) is 4.88. The number of nitrogens with zero attached hydrogens (tertiary/aromatic N) is 3. The lowest BCUT2D eigenvalue weighted by molar-refractivity contribution is -0.146. The Morgan fingerprint density at radius 2 is 1.89 bits per heavy atom. The summed E-state index contributed by atoms with van der Waals surface area (Å²) in [6.07, 6.45) is -4.51. The first-order valence-corrected chi connectivity index (χ1v) is 4.88. The molecule has 0 aliphatic rings. The molecule has 1 aromatic heterocycles. The molecule has 0 aliphatic heterocycles. The number of halogens is 3. The minimum atomic E-state index is -4.60. The Hall–Kier alpha value is -2.36. The number of nitriles is 1. The summed E-state index contributed by atoms with van der Waals surface area (Å²) in [6, 6.07) is 8.32. The molecule has 92 valence electrons. The van der Waals surface area contributed by atoms with E-state index in [2.05, 4.69) is 14.7 Å². The van der Waals surface area contributed by atoms with Gasteiger partial charge in [-0.25, -0.2) is 0 Å². The molecule has 4 nitrogen and oxygen atoms in total. The van der Waals surface area contributed by atoms with Gasteiger partial charge in [-0.3, -0.25) is 0 Å². The Morgan fingerprint density at radius 3 is 2.39 bits per heavy atom. The third-order valence-corrected chi connectivity index (χ3v) is 2.16. The lowest BCUT2D eigenvalue weighted by Gasteiger charge is -1.97. The Balaban J connectivity index is 2.14. The molecule has 0 saturated carbocycles. The monoisotopic (exact) mass is 253 g/mol. The summed E-state index contributed by atoms with van der Waals surface area (Å²) < 4.78 is 41.2. The second-order valence-corrected chi connectivity index (χ2v) is 3.49. The number of rotatable bonds is 2. The maximum Gasteiger partial charge on any atom is 0.455 e. The van der Waals surface area contributed by atoms with Crippen molar-refractivity contribution in [1.82, 2.24) is 10.1 Å². The van der Waals surface area contributed by atoms with Crippen molar-refractivity contribution in [3.63, 3.8) is 0 Å². The molecule has 2 aromatic rings. The molecule has 0 aliphatic carbocycles. The quantitative estimate of drug-likeness (QED) is 0.825. The zero-order valence-corrected chi connectivity index (χ0v) is 8.90. The molecule has 0 fully saturated rings. The molecule has 0 spiro atoms. The summed E-state index contributed by atoms with van der Waals surface area (Å²) in [7, 11) is 0. The van der Waals surface area contributed by atoms with Gasteiger partial charge in [-0.15, -0.1) is 0 Å². The van der Waals surface area contributed by atoms with E-state index in [1.807, 2.05) is 6.07 Å². The van der Waals surface area contributed by atoms with Gasteiger partial charge in [0.15, 0.2) is 0 Å². The van der Waals surface area contributed by atoms with Crippen LogP contribution in [-0.4, -0.2) is 10.1 Å². The maximum absolute atomic E-state index is 12.2. The van der Waals surface area contributed by atoms with Gasteiger partial charge in [0.25, 0.3) is 5.82 Å². The van der Waals surface area contributed by atoms with E-state index in [1.54, 1.807) is 24.3 Å². The fraction of sp³-hybridized carbons (Fsp3) is 0.182. The van der Waals surface area contributed by atoms with Crippen molar-refractivity contribution in [2.24, 2.45) is 0 Å². The van der Waals surface area contributed by atoms with Gasteiger partial charge < -0.3 is 4.52 Å². The molecule has 0 unspecified atom stereocenters. The topological polar surface area (TPSA) is 62.7 Å². The summed E-state index contributed by atoms with van der Waals surface area (Å²) in [5, 5.41) is 11.4. The van der Waals surface area contributed by atoms with Crippen molar-refractivity contribution in [2.75, 3.05) is 0 Å². The van der Waals surface area contributed by atoms with Gasteiger partial charge in [0.2, 0.25) is 5.89 Å².